The summed E-state index contributed by atoms with van der Waals surface area (Å²) < 4.78 is 0. The molecule has 2 heterocycles. The van der Waals surface area contributed by atoms with E-state index in [0.29, 0.717) is 20.8 Å². The zero-order valence-corrected chi connectivity index (χ0v) is 6.85. The van der Waals surface area contributed by atoms with E-state index in [1.54, 1.807) is 0 Å². The lowest BCUT2D eigenvalue weighted by Gasteiger charge is -1.84. The Hall–Kier alpha value is -0.940. The molecule has 0 bridgehead atoms. The molecule has 0 aliphatic carbocycles. The summed E-state index contributed by atoms with van der Waals surface area (Å²) in [6, 6.07) is 0. The number of anilines is 1. The van der Waals surface area contributed by atoms with Crippen molar-refractivity contribution >= 4 is 38.5 Å². The average Bonchev–Trinajstić information content (AvgIpc) is 2.27. The van der Waals surface area contributed by atoms with Crippen molar-refractivity contribution in [2.75, 3.05) is 5.73 Å². The van der Waals surface area contributed by atoms with E-state index in [0.717, 1.165) is 0 Å². The van der Waals surface area contributed by atoms with E-state index in [4.69, 9.17) is 17.3 Å². The van der Waals surface area contributed by atoms with Crippen molar-refractivity contribution in [2.45, 2.75) is 0 Å². The van der Waals surface area contributed by atoms with E-state index in [-0.39, 0.29) is 0 Å². The molecule has 0 spiro atoms. The highest BCUT2D eigenvalue weighted by Crippen LogP contribution is 2.20. The topological polar surface area (TPSA) is 64.7 Å². The van der Waals surface area contributed by atoms with Gasteiger partial charge in [-0.3, -0.25) is 0 Å². The molecule has 0 saturated heterocycles. The first-order chi connectivity index (χ1) is 5.25. The molecule has 0 atom stereocenters. The van der Waals surface area contributed by atoms with Crippen molar-refractivity contribution < 1.29 is 0 Å². The minimum atomic E-state index is 0.362. The second-order valence-electron chi connectivity index (χ2n) is 1.87. The molecule has 6 heteroatoms. The molecule has 0 aliphatic heterocycles. The molecule has 2 aromatic heterocycles. The van der Waals surface area contributed by atoms with Gasteiger partial charge < -0.3 is 5.73 Å². The Kier molecular flexibility index (Phi) is 1.40. The highest BCUT2D eigenvalue weighted by Gasteiger charge is 2.02. The highest BCUT2D eigenvalue weighted by molar-refractivity contribution is 7.21. The summed E-state index contributed by atoms with van der Waals surface area (Å²) in [5.74, 6) is 0. The second-order valence-corrected chi connectivity index (χ2v) is 3.27. The van der Waals surface area contributed by atoms with Crippen LogP contribution in [0.4, 0.5) is 5.13 Å². The fourth-order valence-electron chi connectivity index (χ4n) is 0.717. The Morgan fingerprint density at radius 3 is 3.09 bits per heavy atom. The van der Waals surface area contributed by atoms with Crippen LogP contribution in [-0.4, -0.2) is 15.0 Å². The molecule has 2 N–H and O–H groups in total. The fourth-order valence-corrected chi connectivity index (χ4v) is 1.56. The third-order valence-corrected chi connectivity index (χ3v) is 2.06. The van der Waals surface area contributed by atoms with E-state index in [2.05, 4.69) is 15.0 Å². The lowest BCUT2D eigenvalue weighted by Crippen LogP contribution is -1.81. The zero-order chi connectivity index (χ0) is 7.84. The first kappa shape index (κ1) is 6.75. The standard InChI is InChI=1S/C5H3ClN4S/c6-2-1-8-3-4(9-2)11-5(7)10-3/h1H,(H2,7,8,10). The summed E-state index contributed by atoms with van der Waals surface area (Å²) in [4.78, 5) is 12.5. The van der Waals surface area contributed by atoms with Crippen LogP contribution in [0.5, 0.6) is 0 Å². The SMILES string of the molecule is Nc1nc2ncc(Cl)nc2s1. The van der Waals surface area contributed by atoms with Gasteiger partial charge in [-0.15, -0.1) is 0 Å². The van der Waals surface area contributed by atoms with Crippen LogP contribution in [0.15, 0.2) is 6.20 Å². The largest absolute Gasteiger partial charge is 0.375 e. The Morgan fingerprint density at radius 1 is 1.45 bits per heavy atom. The molecule has 0 aromatic carbocycles. The molecule has 0 unspecified atom stereocenters. The molecule has 0 radical (unpaired) electrons. The predicted octanol–water partition coefficient (Wildman–Crippen LogP) is 1.32. The number of thiazole rings is 1. The molecular weight excluding hydrogens is 184 g/mol. The number of nitrogens with two attached hydrogens (primary N) is 1. The summed E-state index contributed by atoms with van der Waals surface area (Å²) in [5.41, 5.74) is 5.98. The summed E-state index contributed by atoms with van der Waals surface area (Å²) in [6.45, 7) is 0. The number of rotatable bonds is 0. The van der Waals surface area contributed by atoms with Gasteiger partial charge in [0.1, 0.15) is 5.15 Å². The quantitative estimate of drug-likeness (QED) is 0.674. The van der Waals surface area contributed by atoms with E-state index in [1.807, 2.05) is 0 Å². The van der Waals surface area contributed by atoms with Crippen LogP contribution in [0.2, 0.25) is 5.15 Å². The third-order valence-electron chi connectivity index (χ3n) is 1.11. The van der Waals surface area contributed by atoms with Crippen molar-refractivity contribution in [2.24, 2.45) is 0 Å². The van der Waals surface area contributed by atoms with Crippen LogP contribution in [0.25, 0.3) is 10.5 Å². The van der Waals surface area contributed by atoms with Gasteiger partial charge in [-0.1, -0.05) is 22.9 Å². The molecule has 4 nitrogen and oxygen atoms in total. The average molecular weight is 187 g/mol. The molecular formula is C5H3ClN4S. The second kappa shape index (κ2) is 2.28. The van der Waals surface area contributed by atoms with Gasteiger partial charge in [-0.25, -0.2) is 9.97 Å². The Labute approximate surface area is 71.1 Å². The first-order valence-corrected chi connectivity index (χ1v) is 4.00. The molecule has 56 valence electrons. The minimum Gasteiger partial charge on any atom is -0.375 e. The summed E-state index contributed by atoms with van der Waals surface area (Å²) >= 11 is 6.87. The number of hydrogen-bond donors (Lipinski definition) is 1. The van der Waals surface area contributed by atoms with Crippen LogP contribution in [0.1, 0.15) is 0 Å². The summed E-state index contributed by atoms with van der Waals surface area (Å²) in [7, 11) is 0. The lowest BCUT2D eigenvalue weighted by molar-refractivity contribution is 1.27. The van der Waals surface area contributed by atoms with Gasteiger partial charge in [0.25, 0.3) is 0 Å². The predicted molar refractivity (Wildman–Crippen MR) is 44.6 cm³/mol. The number of aromatic nitrogens is 3. The summed E-state index contributed by atoms with van der Waals surface area (Å²) in [6.07, 6.45) is 1.45. The molecule has 0 amide bonds. The number of nitrogens with zero attached hydrogens (tertiary/aromatic N) is 3. The van der Waals surface area contributed by atoms with E-state index < -0.39 is 0 Å². The zero-order valence-electron chi connectivity index (χ0n) is 5.28. The van der Waals surface area contributed by atoms with Crippen molar-refractivity contribution in [1.82, 2.24) is 15.0 Å². The Morgan fingerprint density at radius 2 is 2.27 bits per heavy atom. The molecule has 11 heavy (non-hydrogen) atoms. The molecule has 0 saturated carbocycles. The maximum Gasteiger partial charge on any atom is 0.191 e. The van der Waals surface area contributed by atoms with Crippen LogP contribution in [0.3, 0.4) is 0 Å². The first-order valence-electron chi connectivity index (χ1n) is 2.80. The van der Waals surface area contributed by atoms with Crippen LogP contribution >= 0.6 is 22.9 Å². The lowest BCUT2D eigenvalue weighted by atomic mass is 10.7. The van der Waals surface area contributed by atoms with E-state index in [1.165, 1.54) is 17.5 Å². The van der Waals surface area contributed by atoms with Gasteiger partial charge in [0.05, 0.1) is 6.20 Å². The van der Waals surface area contributed by atoms with Crippen molar-refractivity contribution in [1.29, 1.82) is 0 Å². The van der Waals surface area contributed by atoms with Crippen LogP contribution in [0, 0.1) is 0 Å². The maximum atomic E-state index is 5.59. The van der Waals surface area contributed by atoms with Gasteiger partial charge in [-0.2, -0.15) is 4.98 Å². The number of nitrogen functional groups attached to an aromatic ring is 1. The Balaban J connectivity index is 2.82. The normalized spacial score (nSPS) is 10.6. The molecule has 0 aliphatic rings. The van der Waals surface area contributed by atoms with E-state index >= 15 is 0 Å². The van der Waals surface area contributed by atoms with Crippen LogP contribution in [-0.2, 0) is 0 Å². The highest BCUT2D eigenvalue weighted by atomic mass is 35.5. The van der Waals surface area contributed by atoms with Crippen LogP contribution < -0.4 is 5.73 Å². The number of hydrogen-bond acceptors (Lipinski definition) is 5. The fraction of sp³-hybridized carbons (Fsp3) is 0. The Bertz CT molecular complexity index is 398. The van der Waals surface area contributed by atoms with E-state index in [9.17, 15) is 0 Å². The van der Waals surface area contributed by atoms with Crippen molar-refractivity contribution in [3.8, 4) is 0 Å². The minimum absolute atomic E-state index is 0.362. The van der Waals surface area contributed by atoms with Gasteiger partial charge in [0.2, 0.25) is 0 Å². The third kappa shape index (κ3) is 1.12. The number of halogens is 1. The van der Waals surface area contributed by atoms with Crippen molar-refractivity contribution in [3.05, 3.63) is 11.3 Å². The molecule has 2 aromatic rings. The van der Waals surface area contributed by atoms with Gasteiger partial charge in [0, 0.05) is 0 Å². The van der Waals surface area contributed by atoms with Gasteiger partial charge in [0.15, 0.2) is 15.6 Å². The molecule has 0 fully saturated rings. The maximum absolute atomic E-state index is 5.59. The number of fused-ring (bicyclic) bond motifs is 1. The summed E-state index contributed by atoms with van der Waals surface area (Å²) in [5, 5.41) is 0.823. The van der Waals surface area contributed by atoms with Gasteiger partial charge in [-0.05, 0) is 0 Å². The molecule has 2 rings (SSSR count). The van der Waals surface area contributed by atoms with Gasteiger partial charge >= 0.3 is 0 Å². The smallest absolute Gasteiger partial charge is 0.191 e. The monoisotopic (exact) mass is 186 g/mol. The van der Waals surface area contributed by atoms with Crippen molar-refractivity contribution in [3.63, 3.8) is 0 Å².